The van der Waals surface area contributed by atoms with Crippen LogP contribution in [0.4, 0.5) is 0 Å². The van der Waals surface area contributed by atoms with Crippen molar-refractivity contribution >= 4 is 33.7 Å². The highest BCUT2D eigenvalue weighted by atomic mass is 35.5. The Morgan fingerprint density at radius 2 is 2.18 bits per heavy atom. The first-order valence-corrected chi connectivity index (χ1v) is 9.69. The van der Waals surface area contributed by atoms with Gasteiger partial charge in [0.15, 0.2) is 11.2 Å². The largest absolute Gasteiger partial charge is 0.506 e. The zero-order valence-electron chi connectivity index (χ0n) is 15.7. The molecule has 0 unspecified atom stereocenters. The van der Waals surface area contributed by atoms with E-state index in [0.717, 1.165) is 42.7 Å². The number of benzene rings is 1. The molecule has 8 heteroatoms. The fraction of sp³-hybridized carbons (Fsp3) is 0.350. The molecule has 4 aromatic rings. The molecule has 0 spiro atoms. The van der Waals surface area contributed by atoms with Crippen molar-refractivity contribution in [1.82, 2.24) is 24.6 Å². The minimum Gasteiger partial charge on any atom is -0.506 e. The van der Waals surface area contributed by atoms with Gasteiger partial charge in [0.25, 0.3) is 0 Å². The first kappa shape index (κ1) is 17.5. The average Bonchev–Trinajstić information content (AvgIpc) is 3.33. The highest BCUT2D eigenvalue weighted by molar-refractivity contribution is 6.35. The number of piperidine rings is 1. The van der Waals surface area contributed by atoms with Crippen LogP contribution in [0, 0.1) is 6.92 Å². The molecule has 28 heavy (non-hydrogen) atoms. The topological polar surface area (TPSA) is 80.2 Å². The summed E-state index contributed by atoms with van der Waals surface area (Å²) in [5.41, 5.74) is 3.98. The number of nitrogens with zero attached hydrogens (tertiary/aromatic N) is 5. The van der Waals surface area contributed by atoms with Gasteiger partial charge in [-0.3, -0.25) is 0 Å². The Morgan fingerprint density at radius 3 is 3.00 bits per heavy atom. The number of aromatic hydroxyl groups is 1. The molecule has 5 rings (SSSR count). The summed E-state index contributed by atoms with van der Waals surface area (Å²) in [5.74, 6) is 0.0817. The summed E-state index contributed by atoms with van der Waals surface area (Å²) in [4.78, 5) is 6.95. The lowest BCUT2D eigenvalue weighted by Crippen LogP contribution is -2.33. The monoisotopic (exact) mass is 397 g/mol. The number of hydrogen-bond donors (Lipinski definition) is 1. The van der Waals surface area contributed by atoms with Gasteiger partial charge in [-0.05, 0) is 45.5 Å². The van der Waals surface area contributed by atoms with Crippen LogP contribution in [0.5, 0.6) is 5.75 Å². The molecular formula is C20H20ClN5O2. The van der Waals surface area contributed by atoms with Crippen LogP contribution in [-0.4, -0.2) is 49.9 Å². The number of phenolic OH excluding ortho intramolecular Hbond substituents is 1. The van der Waals surface area contributed by atoms with Crippen molar-refractivity contribution in [3.05, 3.63) is 35.3 Å². The number of rotatable bonds is 2. The molecule has 1 saturated heterocycles. The van der Waals surface area contributed by atoms with Gasteiger partial charge in [-0.1, -0.05) is 11.6 Å². The van der Waals surface area contributed by atoms with Crippen LogP contribution in [0.25, 0.3) is 33.4 Å². The SMILES string of the molecule is Cc1c(-c2cc(Cl)c3occc3c2O)nnc2c1ncn2[C@@H]1CCCN(C)C1. The van der Waals surface area contributed by atoms with E-state index in [2.05, 4.69) is 31.7 Å². The lowest BCUT2D eigenvalue weighted by atomic mass is 10.0. The van der Waals surface area contributed by atoms with Crippen LogP contribution in [0.2, 0.25) is 5.02 Å². The fourth-order valence-electron chi connectivity index (χ4n) is 4.16. The summed E-state index contributed by atoms with van der Waals surface area (Å²) in [6.07, 6.45) is 5.62. The van der Waals surface area contributed by atoms with E-state index < -0.39 is 0 Å². The highest BCUT2D eigenvalue weighted by Crippen LogP contribution is 2.41. The van der Waals surface area contributed by atoms with Crippen molar-refractivity contribution < 1.29 is 9.52 Å². The highest BCUT2D eigenvalue weighted by Gasteiger charge is 2.24. The normalized spacial score (nSPS) is 18.3. The minimum atomic E-state index is 0.0817. The predicted octanol–water partition coefficient (Wildman–Crippen LogP) is 4.17. The van der Waals surface area contributed by atoms with E-state index in [0.29, 0.717) is 33.3 Å². The standard InChI is InChI=1S/C20H20ClN5O2/c1-11-16(14-8-15(21)19-13(18(14)27)5-7-28-19)23-24-20-17(11)22-10-26(20)12-4-3-6-25(2)9-12/h5,7-8,10,12,27H,3-4,6,9H2,1-2H3/t12-/m1/s1. The van der Waals surface area contributed by atoms with E-state index in [1.165, 1.54) is 6.26 Å². The van der Waals surface area contributed by atoms with Gasteiger partial charge in [0.2, 0.25) is 0 Å². The summed E-state index contributed by atoms with van der Waals surface area (Å²) < 4.78 is 7.48. The van der Waals surface area contributed by atoms with Gasteiger partial charge in [0.1, 0.15) is 17.0 Å². The molecule has 4 heterocycles. The Labute approximate surface area is 166 Å². The van der Waals surface area contributed by atoms with Gasteiger partial charge >= 0.3 is 0 Å². The maximum Gasteiger partial charge on any atom is 0.183 e. The molecule has 144 valence electrons. The summed E-state index contributed by atoms with van der Waals surface area (Å²) in [6, 6.07) is 3.70. The second-order valence-corrected chi connectivity index (χ2v) is 7.88. The molecule has 1 N–H and O–H groups in total. The molecule has 0 aliphatic carbocycles. The number of furan rings is 1. The molecule has 1 aromatic carbocycles. The van der Waals surface area contributed by atoms with Gasteiger partial charge in [0.05, 0.1) is 23.0 Å². The maximum absolute atomic E-state index is 10.7. The van der Waals surface area contributed by atoms with Crippen molar-refractivity contribution in [1.29, 1.82) is 0 Å². The van der Waals surface area contributed by atoms with E-state index in [1.54, 1.807) is 12.1 Å². The Bertz CT molecular complexity index is 1200. The van der Waals surface area contributed by atoms with E-state index >= 15 is 0 Å². The first-order valence-electron chi connectivity index (χ1n) is 9.32. The third kappa shape index (κ3) is 2.57. The number of likely N-dealkylation sites (tertiary alicyclic amines) is 1. The first-order chi connectivity index (χ1) is 13.5. The molecule has 0 saturated carbocycles. The van der Waals surface area contributed by atoms with Crippen LogP contribution < -0.4 is 0 Å². The molecule has 0 amide bonds. The minimum absolute atomic E-state index is 0.0817. The Morgan fingerprint density at radius 1 is 1.32 bits per heavy atom. The average molecular weight is 398 g/mol. The molecule has 3 aromatic heterocycles. The lowest BCUT2D eigenvalue weighted by Gasteiger charge is -2.30. The molecule has 1 atom stereocenters. The third-order valence-electron chi connectivity index (χ3n) is 5.63. The number of imidazole rings is 1. The zero-order valence-corrected chi connectivity index (χ0v) is 16.4. The summed E-state index contributed by atoms with van der Waals surface area (Å²) in [7, 11) is 2.14. The Balaban J connectivity index is 1.65. The number of phenols is 1. The van der Waals surface area contributed by atoms with Gasteiger partial charge in [-0.25, -0.2) is 4.98 Å². The maximum atomic E-state index is 10.7. The van der Waals surface area contributed by atoms with E-state index in [1.807, 2.05) is 13.3 Å². The second kappa shape index (κ2) is 6.46. The third-order valence-corrected chi connectivity index (χ3v) is 5.92. The van der Waals surface area contributed by atoms with Crippen LogP contribution in [-0.2, 0) is 0 Å². The van der Waals surface area contributed by atoms with E-state index in [-0.39, 0.29) is 5.75 Å². The number of fused-ring (bicyclic) bond motifs is 2. The van der Waals surface area contributed by atoms with Gasteiger partial charge in [-0.15, -0.1) is 10.2 Å². The zero-order chi connectivity index (χ0) is 19.4. The number of aromatic nitrogens is 4. The van der Waals surface area contributed by atoms with Crippen molar-refractivity contribution in [2.45, 2.75) is 25.8 Å². The van der Waals surface area contributed by atoms with Crippen molar-refractivity contribution in [3.63, 3.8) is 0 Å². The Hall–Kier alpha value is -2.64. The van der Waals surface area contributed by atoms with E-state index in [9.17, 15) is 5.11 Å². The number of halogens is 1. The molecule has 0 bridgehead atoms. The quantitative estimate of drug-likeness (QED) is 0.546. The lowest BCUT2D eigenvalue weighted by molar-refractivity contribution is 0.214. The summed E-state index contributed by atoms with van der Waals surface area (Å²) in [6.45, 7) is 4.04. The van der Waals surface area contributed by atoms with Crippen molar-refractivity contribution in [3.8, 4) is 17.0 Å². The number of likely N-dealkylation sites (N-methyl/N-ethyl adjacent to an activating group) is 1. The Kier molecular flexibility index (Phi) is 4.03. The number of hydrogen-bond acceptors (Lipinski definition) is 6. The predicted molar refractivity (Wildman–Crippen MR) is 108 cm³/mol. The van der Waals surface area contributed by atoms with Gasteiger partial charge in [-0.2, -0.15) is 0 Å². The number of aryl methyl sites for hydroxylation is 1. The summed E-state index contributed by atoms with van der Waals surface area (Å²) >= 11 is 6.34. The van der Waals surface area contributed by atoms with Crippen molar-refractivity contribution in [2.24, 2.45) is 0 Å². The smallest absolute Gasteiger partial charge is 0.183 e. The molecule has 0 radical (unpaired) electrons. The van der Waals surface area contributed by atoms with Crippen molar-refractivity contribution in [2.75, 3.05) is 20.1 Å². The van der Waals surface area contributed by atoms with Crippen LogP contribution in [0.15, 0.2) is 29.1 Å². The van der Waals surface area contributed by atoms with Crippen LogP contribution >= 0.6 is 11.6 Å². The van der Waals surface area contributed by atoms with Crippen LogP contribution in [0.1, 0.15) is 24.4 Å². The molecular weight excluding hydrogens is 378 g/mol. The molecule has 7 nitrogen and oxygen atoms in total. The van der Waals surface area contributed by atoms with E-state index in [4.69, 9.17) is 16.0 Å². The molecule has 1 aliphatic rings. The molecule has 1 aliphatic heterocycles. The van der Waals surface area contributed by atoms with Gasteiger partial charge < -0.3 is 19.0 Å². The van der Waals surface area contributed by atoms with Gasteiger partial charge in [0, 0.05) is 23.7 Å². The second-order valence-electron chi connectivity index (χ2n) is 7.47. The fourth-order valence-corrected chi connectivity index (χ4v) is 4.41. The molecule has 1 fully saturated rings. The summed E-state index contributed by atoms with van der Waals surface area (Å²) in [5, 5.41) is 20.6. The van der Waals surface area contributed by atoms with Crippen LogP contribution in [0.3, 0.4) is 0 Å².